The number of ketones is 1. The molecule has 0 aliphatic rings. The summed E-state index contributed by atoms with van der Waals surface area (Å²) in [6.07, 6.45) is 4.97. The number of aromatic nitrogens is 1. The first-order chi connectivity index (χ1) is 11.2. The van der Waals surface area contributed by atoms with Crippen molar-refractivity contribution in [2.45, 2.75) is 20.1 Å². The van der Waals surface area contributed by atoms with E-state index in [0.29, 0.717) is 18.8 Å². The molecule has 0 saturated carbocycles. The van der Waals surface area contributed by atoms with Gasteiger partial charge >= 0.3 is 0 Å². The molecule has 122 valence electrons. The monoisotopic (exact) mass is 313 g/mol. The summed E-state index contributed by atoms with van der Waals surface area (Å²) in [6, 6.07) is 11.3. The van der Waals surface area contributed by atoms with Crippen molar-refractivity contribution in [3.05, 3.63) is 65.5 Å². The Morgan fingerprint density at radius 3 is 2.30 bits per heavy atom. The average Bonchev–Trinajstić information content (AvgIpc) is 2.98. The van der Waals surface area contributed by atoms with Crippen molar-refractivity contribution in [1.82, 2.24) is 4.57 Å². The molecule has 0 aliphatic heterocycles. The maximum Gasteiger partial charge on any atom is 0.185 e. The van der Waals surface area contributed by atoms with Gasteiger partial charge in [0.05, 0.1) is 0 Å². The Hall–Kier alpha value is -2.17. The zero-order valence-electron chi connectivity index (χ0n) is 13.9. The van der Waals surface area contributed by atoms with E-state index in [2.05, 4.69) is 0 Å². The van der Waals surface area contributed by atoms with Crippen molar-refractivity contribution in [2.24, 2.45) is 7.05 Å². The van der Waals surface area contributed by atoms with Crippen LogP contribution in [0.25, 0.3) is 6.08 Å². The maximum atomic E-state index is 12.2. The summed E-state index contributed by atoms with van der Waals surface area (Å²) in [7, 11) is 1.94. The number of nitrogens with zero attached hydrogens (tertiary/aromatic N) is 1. The summed E-state index contributed by atoms with van der Waals surface area (Å²) in [5, 5.41) is 0. The van der Waals surface area contributed by atoms with Crippen molar-refractivity contribution < 1.29 is 14.3 Å². The molecule has 0 bridgehead atoms. The number of hydrogen-bond donors (Lipinski definition) is 0. The van der Waals surface area contributed by atoms with Crippen LogP contribution >= 0.6 is 0 Å². The van der Waals surface area contributed by atoms with Gasteiger partial charge in [-0.2, -0.15) is 0 Å². The molecule has 2 rings (SSSR count). The van der Waals surface area contributed by atoms with Crippen molar-refractivity contribution in [1.29, 1.82) is 0 Å². The Morgan fingerprint density at radius 1 is 1.13 bits per heavy atom. The molecule has 1 aromatic carbocycles. The van der Waals surface area contributed by atoms with Gasteiger partial charge in [-0.05, 0) is 38.1 Å². The van der Waals surface area contributed by atoms with Crippen LogP contribution in [0, 0.1) is 0 Å². The molecule has 0 unspecified atom stereocenters. The summed E-state index contributed by atoms with van der Waals surface area (Å²) < 4.78 is 13.1. The van der Waals surface area contributed by atoms with Crippen LogP contribution in [0.4, 0.5) is 0 Å². The molecular formula is C19H23NO3. The largest absolute Gasteiger partial charge is 0.351 e. The Morgan fingerprint density at radius 2 is 1.78 bits per heavy atom. The Kier molecular flexibility index (Phi) is 6.32. The van der Waals surface area contributed by atoms with Gasteiger partial charge in [0.2, 0.25) is 0 Å². The molecule has 0 radical (unpaired) electrons. The second kappa shape index (κ2) is 8.46. The van der Waals surface area contributed by atoms with E-state index in [9.17, 15) is 4.79 Å². The molecule has 4 heteroatoms. The highest BCUT2D eigenvalue weighted by Gasteiger charge is 2.11. The highest BCUT2D eigenvalue weighted by atomic mass is 16.7. The van der Waals surface area contributed by atoms with Gasteiger partial charge in [-0.3, -0.25) is 4.79 Å². The summed E-state index contributed by atoms with van der Waals surface area (Å²) in [5.41, 5.74) is 2.55. The van der Waals surface area contributed by atoms with Gasteiger partial charge in [-0.15, -0.1) is 0 Å². The SMILES string of the molecule is CCOC(OCC)c1ccc(C(=O)/C=C/c2cccn2C)cc1. The fourth-order valence-electron chi connectivity index (χ4n) is 2.25. The molecule has 0 fully saturated rings. The first-order valence-electron chi connectivity index (χ1n) is 7.82. The number of ether oxygens (including phenoxy) is 2. The summed E-state index contributed by atoms with van der Waals surface area (Å²) in [6.45, 7) is 5.01. The normalized spacial score (nSPS) is 11.5. The van der Waals surface area contributed by atoms with Crippen LogP contribution in [0.5, 0.6) is 0 Å². The first-order valence-corrected chi connectivity index (χ1v) is 7.82. The number of carbonyl (C=O) groups is 1. The number of hydrogen-bond acceptors (Lipinski definition) is 3. The molecule has 1 aromatic heterocycles. The number of rotatable bonds is 8. The lowest BCUT2D eigenvalue weighted by Crippen LogP contribution is -2.09. The van der Waals surface area contributed by atoms with Gasteiger partial charge in [0.25, 0.3) is 0 Å². The first kappa shape index (κ1) is 17.2. The van der Waals surface area contributed by atoms with E-state index in [4.69, 9.17) is 9.47 Å². The zero-order valence-corrected chi connectivity index (χ0v) is 13.9. The summed E-state index contributed by atoms with van der Waals surface area (Å²) >= 11 is 0. The van der Waals surface area contributed by atoms with Gasteiger partial charge in [-0.25, -0.2) is 0 Å². The lowest BCUT2D eigenvalue weighted by molar-refractivity contribution is -0.140. The molecule has 23 heavy (non-hydrogen) atoms. The highest BCUT2D eigenvalue weighted by Crippen LogP contribution is 2.19. The van der Waals surface area contributed by atoms with Crippen LogP contribution in [0.3, 0.4) is 0 Å². The van der Waals surface area contributed by atoms with E-state index in [-0.39, 0.29) is 12.1 Å². The van der Waals surface area contributed by atoms with E-state index < -0.39 is 0 Å². The Bertz CT molecular complexity index is 650. The minimum absolute atomic E-state index is 0.0258. The van der Waals surface area contributed by atoms with Gasteiger partial charge in [0.15, 0.2) is 12.1 Å². The summed E-state index contributed by atoms with van der Waals surface area (Å²) in [4.78, 5) is 12.2. The van der Waals surface area contributed by atoms with Gasteiger partial charge in [-0.1, -0.05) is 24.3 Å². The number of aryl methyl sites for hydroxylation is 1. The topological polar surface area (TPSA) is 40.5 Å². The van der Waals surface area contributed by atoms with Crippen LogP contribution in [-0.4, -0.2) is 23.6 Å². The van der Waals surface area contributed by atoms with E-state index in [1.807, 2.05) is 62.0 Å². The third-order valence-corrected chi connectivity index (χ3v) is 3.49. The van der Waals surface area contributed by atoms with Crippen molar-refractivity contribution in [3.8, 4) is 0 Å². The predicted molar refractivity (Wildman–Crippen MR) is 91.2 cm³/mol. The molecule has 2 aromatic rings. The second-order valence-electron chi connectivity index (χ2n) is 5.11. The fourth-order valence-corrected chi connectivity index (χ4v) is 2.25. The molecule has 0 aliphatic carbocycles. The van der Waals surface area contributed by atoms with Gasteiger partial charge < -0.3 is 14.0 Å². The standard InChI is InChI=1S/C19H23NO3/c1-4-22-19(23-5-2)16-10-8-15(9-11-16)18(21)13-12-17-7-6-14-20(17)3/h6-14,19H,4-5H2,1-3H3/b13-12+. The van der Waals surface area contributed by atoms with Crippen molar-refractivity contribution >= 4 is 11.9 Å². The minimum Gasteiger partial charge on any atom is -0.351 e. The summed E-state index contributed by atoms with van der Waals surface area (Å²) in [5.74, 6) is -0.0258. The molecular weight excluding hydrogens is 290 g/mol. The van der Waals surface area contributed by atoms with Crippen LogP contribution < -0.4 is 0 Å². The molecule has 4 nitrogen and oxygen atoms in total. The lowest BCUT2D eigenvalue weighted by Gasteiger charge is -2.17. The van der Waals surface area contributed by atoms with Crippen LogP contribution in [0.2, 0.25) is 0 Å². The van der Waals surface area contributed by atoms with E-state index in [1.54, 1.807) is 18.2 Å². The second-order valence-corrected chi connectivity index (χ2v) is 5.11. The predicted octanol–water partition coefficient (Wildman–Crippen LogP) is 3.99. The third-order valence-electron chi connectivity index (χ3n) is 3.49. The van der Waals surface area contributed by atoms with E-state index >= 15 is 0 Å². The zero-order chi connectivity index (χ0) is 16.7. The van der Waals surface area contributed by atoms with E-state index in [0.717, 1.165) is 11.3 Å². The molecule has 1 heterocycles. The van der Waals surface area contributed by atoms with Crippen molar-refractivity contribution in [3.63, 3.8) is 0 Å². The minimum atomic E-state index is -0.381. The number of carbonyl (C=O) groups excluding carboxylic acids is 1. The number of allylic oxidation sites excluding steroid dienone is 1. The third kappa shape index (κ3) is 4.65. The van der Waals surface area contributed by atoms with Crippen LogP contribution in [0.15, 0.2) is 48.7 Å². The Balaban J connectivity index is 2.07. The van der Waals surface area contributed by atoms with E-state index in [1.165, 1.54) is 0 Å². The molecule has 0 N–H and O–H groups in total. The molecule has 0 atom stereocenters. The van der Waals surface area contributed by atoms with Crippen LogP contribution in [0.1, 0.15) is 41.8 Å². The average molecular weight is 313 g/mol. The molecule has 0 saturated heterocycles. The highest BCUT2D eigenvalue weighted by molar-refractivity contribution is 6.06. The smallest absolute Gasteiger partial charge is 0.185 e. The van der Waals surface area contributed by atoms with Gasteiger partial charge in [0, 0.05) is 43.3 Å². The van der Waals surface area contributed by atoms with Gasteiger partial charge in [0.1, 0.15) is 0 Å². The molecule has 0 amide bonds. The lowest BCUT2D eigenvalue weighted by atomic mass is 10.1. The van der Waals surface area contributed by atoms with Crippen molar-refractivity contribution in [2.75, 3.05) is 13.2 Å². The quantitative estimate of drug-likeness (QED) is 0.420. The van der Waals surface area contributed by atoms with Crippen LogP contribution in [-0.2, 0) is 16.5 Å². The Labute approximate surface area is 137 Å². The maximum absolute atomic E-state index is 12.2. The number of benzene rings is 1. The fraction of sp³-hybridized carbons (Fsp3) is 0.316. The molecule has 0 spiro atoms.